The molecule has 0 radical (unpaired) electrons. The van der Waals surface area contributed by atoms with Gasteiger partial charge in [0.15, 0.2) is 0 Å². The Morgan fingerprint density at radius 1 is 0.875 bits per heavy atom. The zero-order valence-corrected chi connectivity index (χ0v) is 22.2. The Morgan fingerprint density at radius 2 is 1.55 bits per heavy atom. The van der Waals surface area contributed by atoms with Crippen LogP contribution in [-0.2, 0) is 12.6 Å². The Morgan fingerprint density at radius 3 is 2.23 bits per heavy atom. The fourth-order valence-electron chi connectivity index (χ4n) is 5.04. The lowest BCUT2D eigenvalue weighted by Crippen LogP contribution is -2.45. The minimum absolute atomic E-state index is 0.0552. The highest BCUT2D eigenvalue weighted by atomic mass is 19.4. The average Bonchev–Trinajstić information content (AvgIpc) is 3.36. The van der Waals surface area contributed by atoms with Crippen molar-refractivity contribution in [2.75, 3.05) is 67.3 Å². The number of urea groups is 1. The predicted molar refractivity (Wildman–Crippen MR) is 149 cm³/mol. The van der Waals surface area contributed by atoms with Crippen molar-refractivity contribution in [2.24, 2.45) is 0 Å². The van der Waals surface area contributed by atoms with Crippen LogP contribution in [0.2, 0.25) is 0 Å². The molecule has 1 fully saturated rings. The van der Waals surface area contributed by atoms with Gasteiger partial charge in [0.1, 0.15) is 5.69 Å². The summed E-state index contributed by atoms with van der Waals surface area (Å²) in [5.74, 6) is -0.275. The first-order chi connectivity index (χ1) is 19.1. The molecule has 9 nitrogen and oxygen atoms in total. The van der Waals surface area contributed by atoms with Crippen LogP contribution >= 0.6 is 0 Å². The summed E-state index contributed by atoms with van der Waals surface area (Å²) in [7, 11) is 3.49. The Hall–Kier alpha value is -4.32. The van der Waals surface area contributed by atoms with Crippen LogP contribution < -0.4 is 25.8 Å². The number of aromatic nitrogens is 1. The number of benzene rings is 2. The first-order valence-corrected chi connectivity index (χ1v) is 12.9. The Balaban J connectivity index is 1.28. The molecule has 0 unspecified atom stereocenters. The molecule has 0 bridgehead atoms. The molecular formula is C28H30F3N7O2. The molecule has 3 heterocycles. The fraction of sp³-hybridized carbons (Fsp3) is 0.321. The van der Waals surface area contributed by atoms with Crippen LogP contribution in [0.15, 0.2) is 54.7 Å². The van der Waals surface area contributed by atoms with E-state index in [4.69, 9.17) is 0 Å². The average molecular weight is 554 g/mol. The summed E-state index contributed by atoms with van der Waals surface area (Å²) in [6.07, 6.45) is -2.26. The van der Waals surface area contributed by atoms with Crippen LogP contribution in [0, 0.1) is 0 Å². The molecule has 1 saturated heterocycles. The number of pyridine rings is 1. The molecule has 3 aromatic rings. The van der Waals surface area contributed by atoms with E-state index < -0.39 is 17.8 Å². The number of piperazine rings is 1. The molecule has 3 N–H and O–H groups in total. The number of fused-ring (bicyclic) bond motifs is 1. The number of alkyl halides is 3. The third kappa shape index (κ3) is 5.81. The van der Waals surface area contributed by atoms with Crippen LogP contribution in [0.5, 0.6) is 0 Å². The molecule has 1 aromatic heterocycles. The molecule has 3 amide bonds. The van der Waals surface area contributed by atoms with Crippen LogP contribution in [0.4, 0.5) is 46.4 Å². The van der Waals surface area contributed by atoms with Crippen LogP contribution in [0.3, 0.4) is 0 Å². The number of amides is 3. The van der Waals surface area contributed by atoms with Gasteiger partial charge < -0.3 is 30.7 Å². The predicted octanol–water partition coefficient (Wildman–Crippen LogP) is 4.55. The zero-order valence-electron chi connectivity index (χ0n) is 22.2. The van der Waals surface area contributed by atoms with Gasteiger partial charge in [-0.2, -0.15) is 13.2 Å². The van der Waals surface area contributed by atoms with Crippen LogP contribution in [0.25, 0.3) is 0 Å². The summed E-state index contributed by atoms with van der Waals surface area (Å²) in [5.41, 5.74) is 2.99. The molecule has 40 heavy (non-hydrogen) atoms. The second-order valence-electron chi connectivity index (χ2n) is 9.82. The van der Waals surface area contributed by atoms with Gasteiger partial charge in [0.2, 0.25) is 0 Å². The standard InChI is InChI=1S/C28H30F3N7O2/c1-32-26(39)23-17-21(7-9-33-23)38-10-8-18-15-19(3-5-24(18)38)34-27(40)35-20-4-6-25(22(16-20)28(29,30)31)37-13-11-36(2)12-14-37/h3-7,9,15-17H,8,10-14H2,1-2H3,(H,32,39)(H2,34,35,40). The minimum atomic E-state index is -4.56. The fourth-order valence-corrected chi connectivity index (χ4v) is 5.04. The van der Waals surface area contributed by atoms with Gasteiger partial charge in [-0.05, 0) is 67.6 Å². The van der Waals surface area contributed by atoms with Crippen molar-refractivity contribution in [3.63, 3.8) is 0 Å². The molecule has 0 saturated carbocycles. The third-order valence-electron chi connectivity index (χ3n) is 7.15. The largest absolute Gasteiger partial charge is 0.418 e. The lowest BCUT2D eigenvalue weighted by Gasteiger charge is -2.35. The maximum absolute atomic E-state index is 13.9. The topological polar surface area (TPSA) is 92.8 Å². The number of carbonyl (C=O) groups is 2. The summed E-state index contributed by atoms with van der Waals surface area (Å²) in [5, 5.41) is 7.82. The number of nitrogens with one attached hydrogen (secondary N) is 3. The molecule has 2 aliphatic rings. The molecule has 5 rings (SSSR count). The van der Waals surface area contributed by atoms with E-state index in [0.29, 0.717) is 50.5 Å². The van der Waals surface area contributed by atoms with Crippen molar-refractivity contribution in [1.82, 2.24) is 15.2 Å². The van der Waals surface area contributed by atoms with E-state index in [0.717, 1.165) is 23.0 Å². The number of halogens is 3. The first-order valence-electron chi connectivity index (χ1n) is 12.9. The van der Waals surface area contributed by atoms with Gasteiger partial charge in [-0.25, -0.2) is 4.79 Å². The van der Waals surface area contributed by atoms with E-state index in [1.165, 1.54) is 12.1 Å². The monoisotopic (exact) mass is 553 g/mol. The molecular weight excluding hydrogens is 523 g/mol. The Kier molecular flexibility index (Phi) is 7.53. The Labute approximate surface area is 230 Å². The summed E-state index contributed by atoms with van der Waals surface area (Å²) < 4.78 is 41.7. The van der Waals surface area contributed by atoms with Crippen molar-refractivity contribution in [2.45, 2.75) is 12.6 Å². The quantitative estimate of drug-likeness (QED) is 0.430. The van der Waals surface area contributed by atoms with Gasteiger partial charge in [0, 0.05) is 74.4 Å². The normalized spacial score (nSPS) is 15.5. The number of nitrogens with zero attached hydrogens (tertiary/aromatic N) is 4. The number of hydrogen-bond acceptors (Lipinski definition) is 6. The van der Waals surface area contributed by atoms with Crippen molar-refractivity contribution in [3.05, 3.63) is 71.5 Å². The van der Waals surface area contributed by atoms with E-state index in [9.17, 15) is 22.8 Å². The number of hydrogen-bond donors (Lipinski definition) is 3. The maximum atomic E-state index is 13.9. The van der Waals surface area contributed by atoms with Gasteiger partial charge in [-0.3, -0.25) is 9.78 Å². The van der Waals surface area contributed by atoms with E-state index in [-0.39, 0.29) is 17.3 Å². The van der Waals surface area contributed by atoms with Gasteiger partial charge in [-0.15, -0.1) is 0 Å². The highest BCUT2D eigenvalue weighted by Crippen LogP contribution is 2.39. The molecule has 0 spiro atoms. The number of likely N-dealkylation sites (N-methyl/N-ethyl adjacent to an activating group) is 1. The zero-order chi connectivity index (χ0) is 28.4. The second kappa shape index (κ2) is 11.0. The summed E-state index contributed by atoms with van der Waals surface area (Å²) in [4.78, 5) is 34.7. The van der Waals surface area contributed by atoms with Crippen molar-refractivity contribution >= 4 is 40.4 Å². The van der Waals surface area contributed by atoms with Gasteiger partial charge in [0.25, 0.3) is 5.91 Å². The SMILES string of the molecule is CNC(=O)c1cc(N2CCc3cc(NC(=O)Nc4ccc(N5CCN(C)CC5)c(C(F)(F)F)c4)ccc32)ccn1. The maximum Gasteiger partial charge on any atom is 0.418 e. The summed E-state index contributed by atoms with van der Waals surface area (Å²) >= 11 is 0. The molecule has 2 aliphatic heterocycles. The molecule has 0 aliphatic carbocycles. The highest BCUT2D eigenvalue weighted by molar-refractivity contribution is 6.00. The van der Waals surface area contributed by atoms with E-state index in [1.54, 1.807) is 30.3 Å². The number of carbonyl (C=O) groups excluding carboxylic acids is 2. The highest BCUT2D eigenvalue weighted by Gasteiger charge is 2.36. The minimum Gasteiger partial charge on any atom is -0.368 e. The lowest BCUT2D eigenvalue weighted by atomic mass is 10.1. The Bertz CT molecular complexity index is 1420. The van der Waals surface area contributed by atoms with Gasteiger partial charge in [-0.1, -0.05) is 0 Å². The number of rotatable bonds is 5. The second-order valence-corrected chi connectivity index (χ2v) is 9.82. The van der Waals surface area contributed by atoms with Crippen molar-refractivity contribution < 1.29 is 22.8 Å². The van der Waals surface area contributed by atoms with Crippen LogP contribution in [-0.4, -0.2) is 68.6 Å². The van der Waals surface area contributed by atoms with E-state index >= 15 is 0 Å². The van der Waals surface area contributed by atoms with E-state index in [1.807, 2.05) is 25.2 Å². The third-order valence-corrected chi connectivity index (χ3v) is 7.15. The van der Waals surface area contributed by atoms with Gasteiger partial charge in [0.05, 0.1) is 5.56 Å². The molecule has 12 heteroatoms. The smallest absolute Gasteiger partial charge is 0.368 e. The number of anilines is 5. The lowest BCUT2D eigenvalue weighted by molar-refractivity contribution is -0.137. The van der Waals surface area contributed by atoms with E-state index in [2.05, 4.69) is 30.7 Å². The molecule has 2 aromatic carbocycles. The first kappa shape index (κ1) is 27.3. The van der Waals surface area contributed by atoms with Crippen molar-refractivity contribution in [1.29, 1.82) is 0 Å². The van der Waals surface area contributed by atoms with Gasteiger partial charge >= 0.3 is 12.2 Å². The molecule has 0 atom stereocenters. The van der Waals surface area contributed by atoms with Crippen LogP contribution in [0.1, 0.15) is 21.6 Å². The van der Waals surface area contributed by atoms with Crippen molar-refractivity contribution in [3.8, 4) is 0 Å². The summed E-state index contributed by atoms with van der Waals surface area (Å²) in [6.45, 7) is 3.04. The molecule has 210 valence electrons. The summed E-state index contributed by atoms with van der Waals surface area (Å²) in [6, 6.07) is 12.2.